The Kier molecular flexibility index (Phi) is 25.2. The monoisotopic (exact) mass is 809 g/mol. The SMILES string of the molecule is COc1ccc(CCCCCC(N)C(=O)O)cc1.NC(CCCCCCc1ccc(Cl)cc1)C(=O)O.NC(CCCCCc1cccc(C(F)(F)F)c1)C(=O)O. The number of unbranched alkanes of at least 4 members (excludes halogenated alkanes) is 7. The van der Waals surface area contributed by atoms with Crippen molar-refractivity contribution in [3.8, 4) is 5.75 Å². The van der Waals surface area contributed by atoms with E-state index in [1.165, 1.54) is 17.2 Å². The zero-order valence-electron chi connectivity index (χ0n) is 32.2. The van der Waals surface area contributed by atoms with Gasteiger partial charge in [0.1, 0.15) is 23.9 Å². The van der Waals surface area contributed by atoms with Crippen LogP contribution in [0.5, 0.6) is 5.75 Å². The van der Waals surface area contributed by atoms with E-state index >= 15 is 0 Å². The molecule has 0 spiro atoms. The second-order valence-electron chi connectivity index (χ2n) is 13.7. The molecule has 0 aliphatic carbocycles. The van der Waals surface area contributed by atoms with Crippen molar-refractivity contribution in [3.05, 3.63) is 100 Å². The fourth-order valence-corrected chi connectivity index (χ4v) is 5.63. The Labute approximate surface area is 333 Å². The zero-order valence-corrected chi connectivity index (χ0v) is 32.9. The molecule has 0 aromatic heterocycles. The van der Waals surface area contributed by atoms with Crippen LogP contribution in [-0.2, 0) is 39.8 Å². The lowest BCUT2D eigenvalue weighted by atomic mass is 10.0. The normalized spacial score (nSPS) is 12.6. The highest BCUT2D eigenvalue weighted by molar-refractivity contribution is 6.30. The molecule has 0 fully saturated rings. The maximum absolute atomic E-state index is 12.5. The van der Waals surface area contributed by atoms with Crippen LogP contribution in [0.15, 0.2) is 72.8 Å². The molecular weight excluding hydrogens is 751 g/mol. The van der Waals surface area contributed by atoms with Crippen LogP contribution in [0.4, 0.5) is 13.2 Å². The van der Waals surface area contributed by atoms with Crippen LogP contribution in [0, 0.1) is 0 Å². The lowest BCUT2D eigenvalue weighted by Gasteiger charge is -2.09. The van der Waals surface area contributed by atoms with E-state index in [1.54, 1.807) is 13.2 Å². The standard InChI is InChI=1S/C14H20ClNO2.C14H18F3NO2.C14H21NO3/c15-12-9-7-11(8-10-12)5-3-1-2-4-6-13(16)14(17)18;15-14(16,17)11-7-4-6-10(9-11)5-2-1-3-8-12(18)13(19)20;1-18-12-9-7-11(8-10-12)5-3-2-4-6-13(15)14(16)17/h7-10,13H,1-6,16H2,(H,17,18);4,6-7,9,12H,1-3,5,8,18H2,(H,19,20);7-10,13H,2-6,15H2,1H3,(H,16,17). The largest absolute Gasteiger partial charge is 0.497 e. The summed E-state index contributed by atoms with van der Waals surface area (Å²) in [5, 5.41) is 26.6. The number of ether oxygens (including phenoxy) is 1. The van der Waals surface area contributed by atoms with Crippen molar-refractivity contribution < 1.29 is 47.6 Å². The highest BCUT2D eigenvalue weighted by Gasteiger charge is 2.30. The summed E-state index contributed by atoms with van der Waals surface area (Å²) in [6.45, 7) is 0. The van der Waals surface area contributed by atoms with Gasteiger partial charge in [0.15, 0.2) is 0 Å². The Morgan fingerprint density at radius 1 is 0.589 bits per heavy atom. The first kappa shape index (κ1) is 49.8. The molecule has 0 amide bonds. The number of carboxylic acid groups (broad SMARTS) is 3. The number of halogens is 4. The maximum atomic E-state index is 12.5. The third kappa shape index (κ3) is 23.7. The summed E-state index contributed by atoms with van der Waals surface area (Å²) in [5.74, 6) is -1.98. The number of alkyl halides is 3. The van der Waals surface area contributed by atoms with Gasteiger partial charge in [-0.15, -0.1) is 0 Å². The Balaban J connectivity index is 0.000000421. The van der Waals surface area contributed by atoms with Crippen molar-refractivity contribution in [3.63, 3.8) is 0 Å². The van der Waals surface area contributed by atoms with Gasteiger partial charge in [0.25, 0.3) is 0 Å². The van der Waals surface area contributed by atoms with Crippen LogP contribution >= 0.6 is 11.6 Å². The van der Waals surface area contributed by atoms with Crippen molar-refractivity contribution in [2.75, 3.05) is 7.11 Å². The van der Waals surface area contributed by atoms with Crippen LogP contribution in [0.3, 0.4) is 0 Å². The van der Waals surface area contributed by atoms with E-state index in [0.29, 0.717) is 44.1 Å². The molecule has 10 nitrogen and oxygen atoms in total. The van der Waals surface area contributed by atoms with E-state index < -0.39 is 47.8 Å². The molecule has 0 aliphatic heterocycles. The third-order valence-corrected chi connectivity index (χ3v) is 9.22. The topological polar surface area (TPSA) is 199 Å². The molecular formula is C42H59ClF3N3O7. The van der Waals surface area contributed by atoms with E-state index in [9.17, 15) is 27.6 Å². The molecule has 0 radical (unpaired) electrons. The minimum atomic E-state index is -4.32. The van der Waals surface area contributed by atoms with Gasteiger partial charge in [-0.1, -0.05) is 99.0 Å². The number of hydrogen-bond donors (Lipinski definition) is 6. The minimum absolute atomic E-state index is 0.387. The minimum Gasteiger partial charge on any atom is -0.497 e. The summed E-state index contributed by atoms with van der Waals surface area (Å²) < 4.78 is 42.6. The molecule has 0 aliphatic rings. The average Bonchev–Trinajstić information content (AvgIpc) is 3.16. The summed E-state index contributed by atoms with van der Waals surface area (Å²) in [6, 6.07) is 18.9. The predicted octanol–water partition coefficient (Wildman–Crippen LogP) is 8.68. The molecule has 9 N–H and O–H groups in total. The van der Waals surface area contributed by atoms with Crippen molar-refractivity contribution in [1.82, 2.24) is 0 Å². The van der Waals surface area contributed by atoms with Crippen molar-refractivity contribution in [2.45, 2.75) is 127 Å². The first-order chi connectivity index (χ1) is 26.5. The third-order valence-electron chi connectivity index (χ3n) is 8.97. The molecule has 14 heteroatoms. The zero-order chi connectivity index (χ0) is 41.9. The molecule has 0 saturated heterocycles. The number of benzene rings is 3. The van der Waals surface area contributed by atoms with Gasteiger partial charge in [-0.3, -0.25) is 14.4 Å². The van der Waals surface area contributed by atoms with Gasteiger partial charge in [-0.2, -0.15) is 13.2 Å². The van der Waals surface area contributed by atoms with Gasteiger partial charge in [-0.25, -0.2) is 0 Å². The fraction of sp³-hybridized carbons (Fsp3) is 0.500. The Morgan fingerprint density at radius 2 is 0.964 bits per heavy atom. The van der Waals surface area contributed by atoms with Gasteiger partial charge in [0.2, 0.25) is 0 Å². The first-order valence-corrected chi connectivity index (χ1v) is 19.4. The summed E-state index contributed by atoms with van der Waals surface area (Å²) in [6.07, 6.45) is 8.98. The molecule has 3 rings (SSSR count). The smallest absolute Gasteiger partial charge is 0.416 e. The van der Waals surface area contributed by atoms with Gasteiger partial charge in [-0.05, 0) is 105 Å². The van der Waals surface area contributed by atoms with E-state index in [2.05, 4.69) is 12.1 Å². The van der Waals surface area contributed by atoms with Gasteiger partial charge in [0, 0.05) is 5.02 Å². The molecule has 56 heavy (non-hydrogen) atoms. The van der Waals surface area contributed by atoms with Gasteiger partial charge < -0.3 is 37.3 Å². The van der Waals surface area contributed by atoms with Crippen LogP contribution in [0.25, 0.3) is 0 Å². The molecule has 312 valence electrons. The number of rotatable bonds is 23. The molecule has 0 saturated carbocycles. The quantitative estimate of drug-likeness (QED) is 0.0504. The molecule has 3 atom stereocenters. The van der Waals surface area contributed by atoms with Gasteiger partial charge >= 0.3 is 24.1 Å². The van der Waals surface area contributed by atoms with Gasteiger partial charge in [0.05, 0.1) is 12.7 Å². The average molecular weight is 810 g/mol. The lowest BCUT2D eigenvalue weighted by molar-refractivity contribution is -0.139. The van der Waals surface area contributed by atoms with E-state index in [0.717, 1.165) is 87.1 Å². The predicted molar refractivity (Wildman–Crippen MR) is 214 cm³/mol. The van der Waals surface area contributed by atoms with Crippen LogP contribution in [0.2, 0.25) is 5.02 Å². The summed E-state index contributed by atoms with van der Waals surface area (Å²) in [4.78, 5) is 31.5. The van der Waals surface area contributed by atoms with E-state index in [4.69, 9.17) is 48.9 Å². The summed E-state index contributed by atoms with van der Waals surface area (Å²) in [5.41, 5.74) is 18.8. The first-order valence-electron chi connectivity index (χ1n) is 19.0. The number of nitrogens with two attached hydrogens (primary N) is 3. The van der Waals surface area contributed by atoms with Crippen LogP contribution < -0.4 is 21.9 Å². The van der Waals surface area contributed by atoms with E-state index in [1.807, 2.05) is 36.4 Å². The Hall–Kier alpha value is -4.17. The number of aryl methyl sites for hydroxylation is 3. The van der Waals surface area contributed by atoms with Crippen LogP contribution in [0.1, 0.15) is 106 Å². The Morgan fingerprint density at radius 3 is 1.36 bits per heavy atom. The molecule has 0 heterocycles. The van der Waals surface area contributed by atoms with Crippen molar-refractivity contribution in [2.24, 2.45) is 17.2 Å². The van der Waals surface area contributed by atoms with Crippen LogP contribution in [-0.4, -0.2) is 58.5 Å². The molecule has 3 aromatic carbocycles. The highest BCUT2D eigenvalue weighted by atomic mass is 35.5. The number of hydrogen-bond acceptors (Lipinski definition) is 7. The molecule has 3 unspecified atom stereocenters. The second kappa shape index (κ2) is 28.3. The number of methoxy groups -OCH3 is 1. The summed E-state index contributed by atoms with van der Waals surface area (Å²) in [7, 11) is 1.65. The maximum Gasteiger partial charge on any atom is 0.416 e. The second-order valence-corrected chi connectivity index (χ2v) is 14.1. The molecule has 0 bridgehead atoms. The molecule has 3 aromatic rings. The highest BCUT2D eigenvalue weighted by Crippen LogP contribution is 2.30. The number of aliphatic carboxylic acids is 3. The number of carbonyl (C=O) groups is 3. The van der Waals surface area contributed by atoms with Crippen molar-refractivity contribution in [1.29, 1.82) is 0 Å². The lowest BCUT2D eigenvalue weighted by Crippen LogP contribution is -2.29. The summed E-state index contributed by atoms with van der Waals surface area (Å²) >= 11 is 5.81. The van der Waals surface area contributed by atoms with E-state index in [-0.39, 0.29) is 0 Å². The number of carboxylic acids is 3. The fourth-order valence-electron chi connectivity index (χ4n) is 5.50. The van der Waals surface area contributed by atoms with Crippen molar-refractivity contribution >= 4 is 29.5 Å². The Bertz CT molecular complexity index is 1540.